The summed E-state index contributed by atoms with van der Waals surface area (Å²) in [6.07, 6.45) is 0. The van der Waals surface area contributed by atoms with Gasteiger partial charge < -0.3 is 9.47 Å². The monoisotopic (exact) mass is 366 g/mol. The summed E-state index contributed by atoms with van der Waals surface area (Å²) < 4.78 is 12.2. The van der Waals surface area contributed by atoms with E-state index in [0.717, 1.165) is 32.1 Å². The van der Waals surface area contributed by atoms with Crippen molar-refractivity contribution in [3.05, 3.63) is 59.1 Å². The molecular weight excluding hydrogens is 352 g/mol. The molecule has 0 fully saturated rings. The second-order valence-corrected chi connectivity index (χ2v) is 6.31. The van der Waals surface area contributed by atoms with E-state index < -0.39 is 0 Å². The zero-order chi connectivity index (χ0) is 16.0. The normalized spacial score (nSPS) is 11.3. The second-order valence-electron chi connectivity index (χ2n) is 5.46. The van der Waals surface area contributed by atoms with Crippen LogP contribution in [-0.4, -0.2) is 14.2 Å². The summed E-state index contributed by atoms with van der Waals surface area (Å²) >= 11 is 3.71. The third-order valence-electron chi connectivity index (χ3n) is 4.33. The average molecular weight is 367 g/mol. The summed E-state index contributed by atoms with van der Waals surface area (Å²) in [5.41, 5.74) is 0. The molecular formula is C20H15BrO2. The zero-order valence-corrected chi connectivity index (χ0v) is 14.5. The lowest BCUT2D eigenvalue weighted by Crippen LogP contribution is -1.91. The lowest BCUT2D eigenvalue weighted by atomic mass is 9.96. The Hall–Kier alpha value is -2.26. The molecule has 2 nitrogen and oxygen atoms in total. The first-order chi connectivity index (χ1) is 11.2. The summed E-state index contributed by atoms with van der Waals surface area (Å²) in [6.45, 7) is 0. The second kappa shape index (κ2) is 5.43. The summed E-state index contributed by atoms with van der Waals surface area (Å²) in [5, 5.41) is 6.94. The fraction of sp³-hybridized carbons (Fsp3) is 0.100. The Bertz CT molecular complexity index is 1050. The zero-order valence-electron chi connectivity index (χ0n) is 12.9. The van der Waals surface area contributed by atoms with Crippen LogP contribution in [0.5, 0.6) is 11.5 Å². The van der Waals surface area contributed by atoms with Crippen LogP contribution in [0.1, 0.15) is 0 Å². The molecule has 0 amide bonds. The van der Waals surface area contributed by atoms with Crippen LogP contribution in [-0.2, 0) is 0 Å². The number of hydrogen-bond donors (Lipinski definition) is 0. The predicted octanol–water partition coefficient (Wildman–Crippen LogP) is 5.93. The quantitative estimate of drug-likeness (QED) is 0.409. The molecule has 0 aliphatic carbocycles. The standard InChI is InChI=1S/C20H15BrO2/c1-22-18-9-10-19(23-2)20-15(18)8-7-13-12-5-3-4-6-14(12)17(21)11-16(13)20/h3-11H,1-2H3. The number of benzene rings is 4. The van der Waals surface area contributed by atoms with Gasteiger partial charge in [0.15, 0.2) is 0 Å². The van der Waals surface area contributed by atoms with E-state index in [2.05, 4.69) is 58.4 Å². The Morgan fingerprint density at radius 1 is 0.652 bits per heavy atom. The minimum atomic E-state index is 0.854. The lowest BCUT2D eigenvalue weighted by molar-refractivity contribution is 0.410. The Kier molecular flexibility index (Phi) is 3.38. The molecule has 0 saturated carbocycles. The minimum Gasteiger partial charge on any atom is -0.496 e. The van der Waals surface area contributed by atoms with Gasteiger partial charge in [0, 0.05) is 15.2 Å². The predicted molar refractivity (Wildman–Crippen MR) is 99.8 cm³/mol. The molecule has 0 N–H and O–H groups in total. The highest BCUT2D eigenvalue weighted by Gasteiger charge is 2.13. The Morgan fingerprint density at radius 3 is 2.00 bits per heavy atom. The Morgan fingerprint density at radius 2 is 1.26 bits per heavy atom. The molecule has 0 aliphatic heterocycles. The third-order valence-corrected chi connectivity index (χ3v) is 4.98. The van der Waals surface area contributed by atoms with E-state index in [-0.39, 0.29) is 0 Å². The molecule has 0 unspecified atom stereocenters. The van der Waals surface area contributed by atoms with Crippen LogP contribution < -0.4 is 9.47 Å². The van der Waals surface area contributed by atoms with Crippen molar-refractivity contribution in [1.29, 1.82) is 0 Å². The fourth-order valence-corrected chi connectivity index (χ4v) is 3.85. The summed E-state index contributed by atoms with van der Waals surface area (Å²) in [4.78, 5) is 0. The van der Waals surface area contributed by atoms with Gasteiger partial charge in [0.2, 0.25) is 0 Å². The van der Waals surface area contributed by atoms with Gasteiger partial charge in [-0.3, -0.25) is 0 Å². The highest BCUT2D eigenvalue weighted by Crippen LogP contribution is 2.41. The number of ether oxygens (including phenoxy) is 2. The molecule has 0 bridgehead atoms. The lowest BCUT2D eigenvalue weighted by Gasteiger charge is -2.14. The van der Waals surface area contributed by atoms with Crippen molar-refractivity contribution >= 4 is 48.2 Å². The van der Waals surface area contributed by atoms with Crippen LogP contribution in [0.2, 0.25) is 0 Å². The van der Waals surface area contributed by atoms with Crippen LogP contribution in [0.4, 0.5) is 0 Å². The van der Waals surface area contributed by atoms with Crippen molar-refractivity contribution in [1.82, 2.24) is 0 Å². The molecule has 4 aromatic carbocycles. The molecule has 0 saturated heterocycles. The van der Waals surface area contributed by atoms with E-state index in [1.165, 1.54) is 16.2 Å². The molecule has 23 heavy (non-hydrogen) atoms. The van der Waals surface area contributed by atoms with Gasteiger partial charge in [-0.1, -0.05) is 46.3 Å². The first-order valence-corrected chi connectivity index (χ1v) is 8.18. The van der Waals surface area contributed by atoms with E-state index >= 15 is 0 Å². The van der Waals surface area contributed by atoms with Gasteiger partial charge in [-0.05, 0) is 45.8 Å². The maximum Gasteiger partial charge on any atom is 0.127 e. The van der Waals surface area contributed by atoms with Crippen molar-refractivity contribution in [2.24, 2.45) is 0 Å². The Balaban J connectivity index is 2.29. The largest absolute Gasteiger partial charge is 0.496 e. The van der Waals surface area contributed by atoms with Gasteiger partial charge in [-0.15, -0.1) is 0 Å². The van der Waals surface area contributed by atoms with Crippen LogP contribution in [0.3, 0.4) is 0 Å². The molecule has 0 spiro atoms. The Labute approximate surface area is 142 Å². The van der Waals surface area contributed by atoms with Gasteiger partial charge in [0.25, 0.3) is 0 Å². The van der Waals surface area contributed by atoms with Crippen molar-refractivity contribution < 1.29 is 9.47 Å². The van der Waals surface area contributed by atoms with Gasteiger partial charge in [-0.25, -0.2) is 0 Å². The third kappa shape index (κ3) is 2.07. The van der Waals surface area contributed by atoms with Gasteiger partial charge in [-0.2, -0.15) is 0 Å². The van der Waals surface area contributed by atoms with E-state index in [4.69, 9.17) is 9.47 Å². The van der Waals surface area contributed by atoms with E-state index in [1.807, 2.05) is 12.1 Å². The van der Waals surface area contributed by atoms with Crippen LogP contribution in [0.25, 0.3) is 32.3 Å². The summed E-state index contributed by atoms with van der Waals surface area (Å²) in [5.74, 6) is 1.71. The summed E-state index contributed by atoms with van der Waals surface area (Å²) in [6, 6.07) is 18.8. The number of rotatable bonds is 2. The summed E-state index contributed by atoms with van der Waals surface area (Å²) in [7, 11) is 3.40. The van der Waals surface area contributed by atoms with Crippen molar-refractivity contribution in [3.63, 3.8) is 0 Å². The van der Waals surface area contributed by atoms with Gasteiger partial charge in [0.1, 0.15) is 11.5 Å². The first kappa shape index (κ1) is 14.3. The molecule has 4 rings (SSSR count). The molecule has 0 aromatic heterocycles. The van der Waals surface area contributed by atoms with Crippen molar-refractivity contribution in [2.45, 2.75) is 0 Å². The van der Waals surface area contributed by atoms with E-state index in [9.17, 15) is 0 Å². The van der Waals surface area contributed by atoms with Gasteiger partial charge in [0.05, 0.1) is 14.2 Å². The highest BCUT2D eigenvalue weighted by atomic mass is 79.9. The van der Waals surface area contributed by atoms with E-state index in [1.54, 1.807) is 14.2 Å². The van der Waals surface area contributed by atoms with Crippen LogP contribution in [0, 0.1) is 0 Å². The molecule has 0 radical (unpaired) electrons. The maximum atomic E-state index is 5.62. The molecule has 114 valence electrons. The minimum absolute atomic E-state index is 0.854. The highest BCUT2D eigenvalue weighted by molar-refractivity contribution is 9.10. The number of fused-ring (bicyclic) bond motifs is 5. The van der Waals surface area contributed by atoms with Crippen LogP contribution >= 0.6 is 15.9 Å². The molecule has 4 aromatic rings. The molecule has 0 heterocycles. The molecule has 3 heteroatoms. The number of methoxy groups -OCH3 is 2. The average Bonchev–Trinajstić information content (AvgIpc) is 2.60. The molecule has 0 atom stereocenters. The van der Waals surface area contributed by atoms with E-state index in [0.29, 0.717) is 0 Å². The van der Waals surface area contributed by atoms with Crippen molar-refractivity contribution in [2.75, 3.05) is 14.2 Å². The number of halogens is 1. The number of hydrogen-bond acceptors (Lipinski definition) is 2. The fourth-order valence-electron chi connectivity index (χ4n) is 3.28. The van der Waals surface area contributed by atoms with Crippen molar-refractivity contribution in [3.8, 4) is 11.5 Å². The van der Waals surface area contributed by atoms with Crippen LogP contribution in [0.15, 0.2) is 59.1 Å². The maximum absolute atomic E-state index is 5.62. The molecule has 0 aliphatic rings. The van der Waals surface area contributed by atoms with Gasteiger partial charge >= 0.3 is 0 Å². The topological polar surface area (TPSA) is 18.5 Å². The smallest absolute Gasteiger partial charge is 0.127 e. The first-order valence-electron chi connectivity index (χ1n) is 7.39. The SMILES string of the molecule is COc1ccc(OC)c2c1ccc1c3ccccc3c(Br)cc12.